The minimum atomic E-state index is -2.67. The first-order valence-corrected chi connectivity index (χ1v) is 10.7. The molecule has 170 valence electrons. The Morgan fingerprint density at radius 2 is 1.88 bits per heavy atom. The SMILES string of the molecule is CC(=O)N1N=C(c2cc(F)ccc2F)C[C@]1(CCCN1CCC(F)(F)C1)c1ccccc1. The highest BCUT2D eigenvalue weighted by atomic mass is 19.3. The summed E-state index contributed by atoms with van der Waals surface area (Å²) in [4.78, 5) is 14.3. The van der Waals surface area contributed by atoms with Crippen molar-refractivity contribution in [2.24, 2.45) is 5.10 Å². The van der Waals surface area contributed by atoms with Crippen molar-refractivity contribution in [2.75, 3.05) is 19.6 Å². The Balaban J connectivity index is 1.64. The summed E-state index contributed by atoms with van der Waals surface area (Å²) in [7, 11) is 0. The molecule has 0 spiro atoms. The van der Waals surface area contributed by atoms with E-state index in [9.17, 15) is 22.4 Å². The zero-order chi connectivity index (χ0) is 22.9. The van der Waals surface area contributed by atoms with Gasteiger partial charge >= 0.3 is 0 Å². The van der Waals surface area contributed by atoms with Gasteiger partial charge in [0.25, 0.3) is 5.92 Å². The quantitative estimate of drug-likeness (QED) is 0.589. The van der Waals surface area contributed by atoms with E-state index in [4.69, 9.17) is 0 Å². The predicted molar refractivity (Wildman–Crippen MR) is 113 cm³/mol. The molecule has 0 N–H and O–H groups in total. The third-order valence-corrected chi connectivity index (χ3v) is 6.25. The fourth-order valence-electron chi connectivity index (χ4n) is 4.75. The van der Waals surface area contributed by atoms with Crippen LogP contribution in [-0.4, -0.2) is 47.1 Å². The van der Waals surface area contributed by atoms with E-state index in [1.807, 2.05) is 30.3 Å². The van der Waals surface area contributed by atoms with Crippen LogP contribution in [0.1, 0.15) is 43.7 Å². The van der Waals surface area contributed by atoms with Gasteiger partial charge in [-0.05, 0) is 43.1 Å². The third kappa shape index (κ3) is 4.41. The van der Waals surface area contributed by atoms with Crippen LogP contribution in [0.15, 0.2) is 53.6 Å². The molecule has 0 saturated carbocycles. The summed E-state index contributed by atoms with van der Waals surface area (Å²) in [5.41, 5.74) is 0.225. The van der Waals surface area contributed by atoms with Crippen LogP contribution in [0.25, 0.3) is 0 Å². The van der Waals surface area contributed by atoms with Crippen molar-refractivity contribution in [3.63, 3.8) is 0 Å². The van der Waals surface area contributed by atoms with Crippen molar-refractivity contribution in [1.82, 2.24) is 9.91 Å². The molecule has 4 nitrogen and oxygen atoms in total. The standard InChI is InChI=1S/C24H25F4N3O/c1-17(32)31-23(18-6-3-2-4-7-18,10-5-12-30-13-11-24(27,28)16-30)15-22(29-31)20-14-19(25)8-9-21(20)26/h2-4,6-9,14H,5,10-13,15-16H2,1H3/t23-/m1/s1. The fraction of sp³-hybridized carbons (Fsp3) is 0.417. The molecular formula is C24H25F4N3O. The molecule has 2 aromatic carbocycles. The molecule has 32 heavy (non-hydrogen) atoms. The molecule has 0 bridgehead atoms. The number of nitrogens with zero attached hydrogens (tertiary/aromatic N) is 3. The first-order chi connectivity index (χ1) is 15.2. The van der Waals surface area contributed by atoms with E-state index < -0.39 is 23.1 Å². The van der Waals surface area contributed by atoms with E-state index in [0.29, 0.717) is 25.9 Å². The maximum Gasteiger partial charge on any atom is 0.261 e. The lowest BCUT2D eigenvalue weighted by Gasteiger charge is -2.37. The molecule has 8 heteroatoms. The van der Waals surface area contributed by atoms with E-state index >= 15 is 0 Å². The minimum Gasteiger partial charge on any atom is -0.297 e. The second kappa shape index (κ2) is 8.65. The number of rotatable bonds is 6. The van der Waals surface area contributed by atoms with Gasteiger partial charge in [-0.25, -0.2) is 22.6 Å². The van der Waals surface area contributed by atoms with Gasteiger partial charge in [0.2, 0.25) is 5.91 Å². The van der Waals surface area contributed by atoms with Gasteiger partial charge in [-0.1, -0.05) is 30.3 Å². The first kappa shape index (κ1) is 22.5. The number of alkyl halides is 2. The number of hydrazone groups is 1. The molecule has 1 fully saturated rings. The van der Waals surface area contributed by atoms with Gasteiger partial charge in [0.15, 0.2) is 0 Å². The highest BCUT2D eigenvalue weighted by Gasteiger charge is 2.47. The van der Waals surface area contributed by atoms with Crippen molar-refractivity contribution in [2.45, 2.75) is 44.1 Å². The first-order valence-electron chi connectivity index (χ1n) is 10.7. The molecule has 0 aliphatic carbocycles. The van der Waals surface area contributed by atoms with Crippen LogP contribution in [0.4, 0.5) is 17.6 Å². The number of hydrogen-bond acceptors (Lipinski definition) is 3. The molecule has 1 saturated heterocycles. The lowest BCUT2D eigenvalue weighted by molar-refractivity contribution is -0.135. The summed E-state index contributed by atoms with van der Waals surface area (Å²) in [5.74, 6) is -4.20. The Morgan fingerprint density at radius 1 is 1.12 bits per heavy atom. The number of likely N-dealkylation sites (tertiary alicyclic amines) is 1. The van der Waals surface area contributed by atoms with Crippen LogP contribution in [0.2, 0.25) is 0 Å². The number of benzene rings is 2. The topological polar surface area (TPSA) is 35.9 Å². The normalized spacial score (nSPS) is 22.9. The maximum atomic E-state index is 14.5. The fourth-order valence-corrected chi connectivity index (χ4v) is 4.75. The highest BCUT2D eigenvalue weighted by Crippen LogP contribution is 2.43. The molecule has 1 amide bonds. The molecular weight excluding hydrogens is 422 g/mol. The number of carbonyl (C=O) groups excluding carboxylic acids is 1. The van der Waals surface area contributed by atoms with Gasteiger partial charge in [0, 0.05) is 31.9 Å². The van der Waals surface area contributed by atoms with Gasteiger partial charge in [-0.15, -0.1) is 0 Å². The number of amides is 1. The lowest BCUT2D eigenvalue weighted by atomic mass is 9.80. The second-order valence-electron chi connectivity index (χ2n) is 8.56. The zero-order valence-electron chi connectivity index (χ0n) is 17.8. The minimum absolute atomic E-state index is 0.0215. The summed E-state index contributed by atoms with van der Waals surface area (Å²) in [6.45, 7) is 1.91. The Morgan fingerprint density at radius 3 is 2.53 bits per heavy atom. The zero-order valence-corrected chi connectivity index (χ0v) is 17.8. The van der Waals surface area contributed by atoms with Gasteiger partial charge < -0.3 is 0 Å². The lowest BCUT2D eigenvalue weighted by Crippen LogP contribution is -2.43. The summed E-state index contributed by atoms with van der Waals surface area (Å²) in [6, 6.07) is 12.5. The predicted octanol–water partition coefficient (Wildman–Crippen LogP) is 4.94. The van der Waals surface area contributed by atoms with Crippen LogP contribution >= 0.6 is 0 Å². The van der Waals surface area contributed by atoms with Crippen LogP contribution in [-0.2, 0) is 10.3 Å². The van der Waals surface area contributed by atoms with Crippen LogP contribution < -0.4 is 0 Å². The smallest absolute Gasteiger partial charge is 0.261 e. The van der Waals surface area contributed by atoms with E-state index in [1.165, 1.54) is 11.9 Å². The van der Waals surface area contributed by atoms with Gasteiger partial charge in [0.1, 0.15) is 11.6 Å². The summed E-state index contributed by atoms with van der Waals surface area (Å²) in [5, 5.41) is 5.77. The highest BCUT2D eigenvalue weighted by molar-refractivity contribution is 6.03. The molecule has 2 aliphatic rings. The molecule has 2 aliphatic heterocycles. The largest absolute Gasteiger partial charge is 0.297 e. The van der Waals surface area contributed by atoms with Crippen LogP contribution in [0, 0.1) is 11.6 Å². The van der Waals surface area contributed by atoms with Crippen molar-refractivity contribution in [1.29, 1.82) is 0 Å². The number of hydrogen-bond donors (Lipinski definition) is 0. The summed E-state index contributed by atoms with van der Waals surface area (Å²) >= 11 is 0. The average Bonchev–Trinajstić information content (AvgIpc) is 3.31. The summed E-state index contributed by atoms with van der Waals surface area (Å²) < 4.78 is 55.5. The molecule has 2 heterocycles. The van der Waals surface area contributed by atoms with E-state index in [2.05, 4.69) is 5.10 Å². The Labute approximate surface area is 184 Å². The van der Waals surface area contributed by atoms with Crippen molar-refractivity contribution in [3.8, 4) is 0 Å². The molecule has 0 aromatic heterocycles. The van der Waals surface area contributed by atoms with Gasteiger partial charge in [-0.2, -0.15) is 5.10 Å². The molecule has 1 atom stereocenters. The van der Waals surface area contributed by atoms with Crippen molar-refractivity contribution >= 4 is 11.6 Å². The molecule has 0 unspecified atom stereocenters. The third-order valence-electron chi connectivity index (χ3n) is 6.25. The molecule has 4 rings (SSSR count). The van der Waals surface area contributed by atoms with E-state index in [0.717, 1.165) is 23.8 Å². The van der Waals surface area contributed by atoms with Crippen LogP contribution in [0.3, 0.4) is 0 Å². The number of carbonyl (C=O) groups is 1. The molecule has 0 radical (unpaired) electrons. The van der Waals surface area contributed by atoms with Gasteiger partial charge in [-0.3, -0.25) is 9.69 Å². The summed E-state index contributed by atoms with van der Waals surface area (Å²) in [6.07, 6.45) is 1.04. The second-order valence-corrected chi connectivity index (χ2v) is 8.56. The van der Waals surface area contributed by atoms with E-state index in [1.54, 1.807) is 4.90 Å². The Kier molecular flexibility index (Phi) is 6.07. The monoisotopic (exact) mass is 447 g/mol. The Hall–Kier alpha value is -2.74. The maximum absolute atomic E-state index is 14.5. The van der Waals surface area contributed by atoms with E-state index in [-0.39, 0.29) is 36.6 Å². The number of halogens is 4. The van der Waals surface area contributed by atoms with Crippen molar-refractivity contribution in [3.05, 3.63) is 71.3 Å². The van der Waals surface area contributed by atoms with Crippen molar-refractivity contribution < 1.29 is 22.4 Å². The van der Waals surface area contributed by atoms with Crippen LogP contribution in [0.5, 0.6) is 0 Å². The average molecular weight is 447 g/mol. The Bertz CT molecular complexity index is 1030. The van der Waals surface area contributed by atoms with Gasteiger partial charge in [0.05, 0.1) is 17.8 Å². The molecule has 2 aromatic rings.